The zero-order valence-corrected chi connectivity index (χ0v) is 8.36. The van der Waals surface area contributed by atoms with Crippen molar-refractivity contribution in [3.8, 4) is 6.07 Å². The number of halogens is 3. The number of Topliss-reactive ketones (excluding diaryl/α,β-unsaturated/α-hetero) is 1. The maximum Gasteiger partial charge on any atom is 0.177 e. The Morgan fingerprint density at radius 3 is 2.71 bits per heavy atom. The molecule has 0 bridgehead atoms. The predicted octanol–water partition coefficient (Wildman–Crippen LogP) is 2.77. The number of carbonyl (C=O) groups is 1. The van der Waals surface area contributed by atoms with Gasteiger partial charge in [0.25, 0.3) is 0 Å². The average molecular weight is 232 g/mol. The fourth-order valence-corrected chi connectivity index (χ4v) is 1.21. The second-order valence-corrected chi connectivity index (χ2v) is 3.13. The Bertz CT molecular complexity index is 426. The van der Waals surface area contributed by atoms with Gasteiger partial charge in [0, 0.05) is 5.56 Å². The van der Waals surface area contributed by atoms with Crippen LogP contribution < -0.4 is 0 Å². The van der Waals surface area contributed by atoms with Crippen molar-refractivity contribution in [2.75, 3.05) is 5.88 Å². The SMILES string of the molecule is N#Cc1cc(C(=O)CCl)cc(F)c1Cl. The second kappa shape index (κ2) is 4.41. The minimum Gasteiger partial charge on any atom is -0.293 e. The second-order valence-electron chi connectivity index (χ2n) is 2.49. The first kappa shape index (κ1) is 11.0. The molecule has 0 fully saturated rings. The zero-order chi connectivity index (χ0) is 10.7. The molecule has 72 valence electrons. The summed E-state index contributed by atoms with van der Waals surface area (Å²) >= 11 is 10.8. The van der Waals surface area contributed by atoms with Crippen molar-refractivity contribution >= 4 is 29.0 Å². The summed E-state index contributed by atoms with van der Waals surface area (Å²) in [6.45, 7) is 0. The van der Waals surface area contributed by atoms with Gasteiger partial charge >= 0.3 is 0 Å². The molecule has 1 aromatic rings. The van der Waals surface area contributed by atoms with Gasteiger partial charge in [0.2, 0.25) is 0 Å². The van der Waals surface area contributed by atoms with E-state index in [0.29, 0.717) is 0 Å². The van der Waals surface area contributed by atoms with Gasteiger partial charge in [-0.15, -0.1) is 11.6 Å². The number of nitriles is 1. The highest BCUT2D eigenvalue weighted by Crippen LogP contribution is 2.21. The van der Waals surface area contributed by atoms with Gasteiger partial charge < -0.3 is 0 Å². The number of nitrogens with zero attached hydrogens (tertiary/aromatic N) is 1. The fourth-order valence-electron chi connectivity index (χ4n) is 0.909. The largest absolute Gasteiger partial charge is 0.293 e. The van der Waals surface area contributed by atoms with Crippen LogP contribution >= 0.6 is 23.2 Å². The van der Waals surface area contributed by atoms with E-state index in [0.717, 1.165) is 6.07 Å². The third-order valence-corrected chi connectivity index (χ3v) is 2.22. The molecule has 0 saturated heterocycles. The Labute approximate surface area is 89.9 Å². The van der Waals surface area contributed by atoms with E-state index in [1.807, 2.05) is 0 Å². The zero-order valence-electron chi connectivity index (χ0n) is 6.85. The van der Waals surface area contributed by atoms with Crippen LogP contribution in [0.1, 0.15) is 15.9 Å². The summed E-state index contributed by atoms with van der Waals surface area (Å²) in [5.74, 6) is -1.50. The maximum atomic E-state index is 13.0. The molecule has 14 heavy (non-hydrogen) atoms. The van der Waals surface area contributed by atoms with Gasteiger partial charge in [0.1, 0.15) is 11.9 Å². The maximum absolute atomic E-state index is 13.0. The van der Waals surface area contributed by atoms with Crippen LogP contribution in [-0.2, 0) is 0 Å². The summed E-state index contributed by atoms with van der Waals surface area (Å²) in [6.07, 6.45) is 0. The molecule has 1 aromatic carbocycles. The molecule has 0 N–H and O–H groups in total. The normalized spacial score (nSPS) is 9.57. The highest BCUT2D eigenvalue weighted by molar-refractivity contribution is 6.32. The lowest BCUT2D eigenvalue weighted by Gasteiger charge is -2.01. The standard InChI is InChI=1S/C9H4Cl2FNO/c10-3-8(14)5-1-6(4-13)9(11)7(12)2-5/h1-2H,3H2. The lowest BCUT2D eigenvalue weighted by Crippen LogP contribution is -2.02. The molecule has 0 aromatic heterocycles. The molecular formula is C9H4Cl2FNO. The molecule has 0 radical (unpaired) electrons. The summed E-state index contributed by atoms with van der Waals surface area (Å²) in [5.41, 5.74) is -0.0152. The van der Waals surface area contributed by atoms with Crippen LogP contribution in [0, 0.1) is 17.1 Å². The number of alkyl halides is 1. The van der Waals surface area contributed by atoms with Crippen LogP contribution in [0.15, 0.2) is 12.1 Å². The van der Waals surface area contributed by atoms with Crippen molar-refractivity contribution in [3.05, 3.63) is 34.1 Å². The summed E-state index contributed by atoms with van der Waals surface area (Å²) in [5, 5.41) is 8.30. The van der Waals surface area contributed by atoms with E-state index in [1.54, 1.807) is 6.07 Å². The number of hydrogen-bond donors (Lipinski definition) is 0. The van der Waals surface area contributed by atoms with Crippen molar-refractivity contribution in [1.82, 2.24) is 0 Å². The molecule has 0 heterocycles. The van der Waals surface area contributed by atoms with Gasteiger partial charge in [-0.25, -0.2) is 4.39 Å². The highest BCUT2D eigenvalue weighted by atomic mass is 35.5. The molecule has 0 spiro atoms. The van der Waals surface area contributed by atoms with Crippen molar-refractivity contribution in [3.63, 3.8) is 0 Å². The minimum absolute atomic E-state index is 0.0541. The average Bonchev–Trinajstić information content (AvgIpc) is 2.20. The molecule has 0 saturated carbocycles. The van der Waals surface area contributed by atoms with E-state index < -0.39 is 11.6 Å². The molecule has 0 unspecified atom stereocenters. The van der Waals surface area contributed by atoms with E-state index in [9.17, 15) is 9.18 Å². The van der Waals surface area contributed by atoms with E-state index in [1.165, 1.54) is 6.07 Å². The molecule has 0 aliphatic carbocycles. The third kappa shape index (κ3) is 2.03. The Kier molecular flexibility index (Phi) is 3.45. The third-order valence-electron chi connectivity index (χ3n) is 1.59. The van der Waals surface area contributed by atoms with Crippen LogP contribution in [0.4, 0.5) is 4.39 Å². The van der Waals surface area contributed by atoms with Crippen molar-refractivity contribution in [1.29, 1.82) is 5.26 Å². The van der Waals surface area contributed by atoms with Crippen molar-refractivity contribution in [2.24, 2.45) is 0 Å². The van der Waals surface area contributed by atoms with Crippen LogP contribution in [0.3, 0.4) is 0 Å². The highest BCUT2D eigenvalue weighted by Gasteiger charge is 2.12. The van der Waals surface area contributed by atoms with Gasteiger partial charge in [0.05, 0.1) is 16.5 Å². The minimum atomic E-state index is -0.792. The molecule has 0 atom stereocenters. The first-order valence-corrected chi connectivity index (χ1v) is 4.49. The summed E-state index contributed by atoms with van der Waals surface area (Å²) in [6, 6.07) is 3.87. The number of hydrogen-bond acceptors (Lipinski definition) is 2. The molecular weight excluding hydrogens is 228 g/mol. The molecule has 0 aliphatic rings. The number of carbonyl (C=O) groups excluding carboxylic acids is 1. The van der Waals surface area contributed by atoms with E-state index in [4.69, 9.17) is 28.5 Å². The van der Waals surface area contributed by atoms with Gasteiger partial charge in [-0.1, -0.05) is 11.6 Å². The van der Waals surface area contributed by atoms with Gasteiger partial charge in [-0.05, 0) is 12.1 Å². The molecule has 5 heteroatoms. The van der Waals surface area contributed by atoms with Crippen LogP contribution in [0.2, 0.25) is 5.02 Å². The smallest absolute Gasteiger partial charge is 0.177 e. The Morgan fingerprint density at radius 1 is 1.57 bits per heavy atom. The molecule has 0 aliphatic heterocycles. The van der Waals surface area contributed by atoms with Crippen LogP contribution in [0.5, 0.6) is 0 Å². The van der Waals surface area contributed by atoms with Gasteiger partial charge in [-0.3, -0.25) is 4.79 Å². The van der Waals surface area contributed by atoms with Gasteiger partial charge in [-0.2, -0.15) is 5.26 Å². The van der Waals surface area contributed by atoms with Crippen LogP contribution in [0.25, 0.3) is 0 Å². The lowest BCUT2D eigenvalue weighted by atomic mass is 10.1. The topological polar surface area (TPSA) is 40.9 Å². The van der Waals surface area contributed by atoms with Crippen LogP contribution in [-0.4, -0.2) is 11.7 Å². The Balaban J connectivity index is 3.32. The monoisotopic (exact) mass is 231 g/mol. The predicted molar refractivity (Wildman–Crippen MR) is 51.2 cm³/mol. The Morgan fingerprint density at radius 2 is 2.21 bits per heavy atom. The van der Waals surface area contributed by atoms with E-state index in [-0.39, 0.29) is 22.0 Å². The summed E-state index contributed by atoms with van der Waals surface area (Å²) < 4.78 is 13.0. The molecule has 1 rings (SSSR count). The quantitative estimate of drug-likeness (QED) is 0.581. The van der Waals surface area contributed by atoms with Gasteiger partial charge in [0.15, 0.2) is 5.78 Å². The summed E-state index contributed by atoms with van der Waals surface area (Å²) in [4.78, 5) is 11.1. The number of rotatable bonds is 2. The number of benzene rings is 1. The van der Waals surface area contributed by atoms with Crippen molar-refractivity contribution in [2.45, 2.75) is 0 Å². The molecule has 2 nitrogen and oxygen atoms in total. The molecule has 0 amide bonds. The van der Waals surface area contributed by atoms with Crippen molar-refractivity contribution < 1.29 is 9.18 Å². The lowest BCUT2D eigenvalue weighted by molar-refractivity contribution is 0.102. The number of ketones is 1. The Hall–Kier alpha value is -1.11. The first-order valence-electron chi connectivity index (χ1n) is 3.58. The summed E-state index contributed by atoms with van der Waals surface area (Å²) in [7, 11) is 0. The first-order chi connectivity index (χ1) is 6.60. The fraction of sp³-hybridized carbons (Fsp3) is 0.111. The van der Waals surface area contributed by atoms with E-state index in [2.05, 4.69) is 0 Å². The van der Waals surface area contributed by atoms with E-state index >= 15 is 0 Å².